The predicted molar refractivity (Wildman–Crippen MR) is 70.4 cm³/mol. The molecule has 0 saturated carbocycles. The number of H-pyrrole nitrogens is 1. The van der Waals surface area contributed by atoms with Crippen LogP contribution in [0, 0.1) is 0 Å². The predicted octanol–water partition coefficient (Wildman–Crippen LogP) is 1.48. The van der Waals surface area contributed by atoms with Crippen LogP contribution in [0.1, 0.15) is 29.4 Å². The molecule has 0 fully saturated rings. The summed E-state index contributed by atoms with van der Waals surface area (Å²) in [5, 5.41) is 0.886. The van der Waals surface area contributed by atoms with Gasteiger partial charge in [-0.05, 0) is 18.2 Å². The van der Waals surface area contributed by atoms with E-state index in [1.807, 2.05) is 6.92 Å². The van der Waals surface area contributed by atoms with Gasteiger partial charge in [-0.1, -0.05) is 13.3 Å². The molecule has 98 valence electrons. The zero-order valence-electron chi connectivity index (χ0n) is 10.3. The standard InChI is InChI=1S/C12H12N4O2S/c1-2-3-9-4-10(18)16-12(15-9)19-11-13-5-8(7-17)6-14-11/h4-7H,2-3H2,1H3,(H,15,16,18). The maximum absolute atomic E-state index is 11.5. The number of carbonyl (C=O) groups excluding carboxylic acids is 1. The zero-order chi connectivity index (χ0) is 13.7. The number of nitrogens with zero attached hydrogens (tertiary/aromatic N) is 3. The van der Waals surface area contributed by atoms with Crippen molar-refractivity contribution in [3.63, 3.8) is 0 Å². The van der Waals surface area contributed by atoms with Crippen LogP contribution in [-0.4, -0.2) is 26.2 Å². The molecule has 0 radical (unpaired) electrons. The van der Waals surface area contributed by atoms with Crippen molar-refractivity contribution in [1.82, 2.24) is 19.9 Å². The first kappa shape index (κ1) is 13.4. The van der Waals surface area contributed by atoms with Gasteiger partial charge < -0.3 is 4.98 Å². The molecule has 0 spiro atoms. The first-order chi connectivity index (χ1) is 9.21. The minimum absolute atomic E-state index is 0.189. The van der Waals surface area contributed by atoms with E-state index in [4.69, 9.17) is 0 Å². The number of aromatic nitrogens is 4. The molecule has 0 unspecified atom stereocenters. The number of aryl methyl sites for hydroxylation is 1. The molecule has 6 nitrogen and oxygen atoms in total. The van der Waals surface area contributed by atoms with Crippen molar-refractivity contribution in [2.45, 2.75) is 30.1 Å². The minimum Gasteiger partial charge on any atom is -0.301 e. The average molecular weight is 276 g/mol. The number of rotatable bonds is 5. The topological polar surface area (TPSA) is 88.6 Å². The summed E-state index contributed by atoms with van der Waals surface area (Å²) in [4.78, 5) is 36.9. The Kier molecular flexibility index (Phi) is 4.40. The lowest BCUT2D eigenvalue weighted by molar-refractivity contribution is 0.112. The molecule has 0 aliphatic heterocycles. The van der Waals surface area contributed by atoms with Crippen LogP contribution in [0.4, 0.5) is 0 Å². The van der Waals surface area contributed by atoms with Gasteiger partial charge in [0.25, 0.3) is 5.56 Å². The van der Waals surface area contributed by atoms with E-state index in [0.717, 1.165) is 30.3 Å². The average Bonchev–Trinajstić information content (AvgIpc) is 2.39. The molecule has 0 saturated heterocycles. The van der Waals surface area contributed by atoms with E-state index < -0.39 is 0 Å². The van der Waals surface area contributed by atoms with Gasteiger partial charge in [0.15, 0.2) is 16.6 Å². The van der Waals surface area contributed by atoms with Gasteiger partial charge in [-0.15, -0.1) is 0 Å². The maximum atomic E-state index is 11.5. The van der Waals surface area contributed by atoms with E-state index in [0.29, 0.717) is 22.2 Å². The summed E-state index contributed by atoms with van der Waals surface area (Å²) in [6.07, 6.45) is 5.20. The first-order valence-corrected chi connectivity index (χ1v) is 6.58. The van der Waals surface area contributed by atoms with Crippen LogP contribution in [-0.2, 0) is 6.42 Å². The molecule has 0 amide bonds. The molecule has 1 N–H and O–H groups in total. The first-order valence-electron chi connectivity index (χ1n) is 5.76. The summed E-state index contributed by atoms with van der Waals surface area (Å²) in [6, 6.07) is 1.49. The number of carbonyl (C=O) groups is 1. The van der Waals surface area contributed by atoms with Gasteiger partial charge in [0.2, 0.25) is 0 Å². The van der Waals surface area contributed by atoms with Crippen molar-refractivity contribution in [3.05, 3.63) is 40.1 Å². The lowest BCUT2D eigenvalue weighted by Gasteiger charge is -2.02. The van der Waals surface area contributed by atoms with Crippen LogP contribution in [0.25, 0.3) is 0 Å². The fourth-order valence-electron chi connectivity index (χ4n) is 1.44. The maximum Gasteiger partial charge on any atom is 0.251 e. The molecular formula is C12H12N4O2S. The van der Waals surface area contributed by atoms with Gasteiger partial charge in [0.1, 0.15) is 0 Å². The van der Waals surface area contributed by atoms with Gasteiger partial charge in [-0.25, -0.2) is 15.0 Å². The molecule has 0 atom stereocenters. The van der Waals surface area contributed by atoms with Crippen molar-refractivity contribution in [1.29, 1.82) is 0 Å². The summed E-state index contributed by atoms with van der Waals surface area (Å²) < 4.78 is 0. The summed E-state index contributed by atoms with van der Waals surface area (Å²) in [5.74, 6) is 0. The third-order valence-corrected chi connectivity index (χ3v) is 3.03. The molecule has 0 aliphatic carbocycles. The Morgan fingerprint density at radius 1 is 1.37 bits per heavy atom. The monoisotopic (exact) mass is 276 g/mol. The Balaban J connectivity index is 2.21. The smallest absolute Gasteiger partial charge is 0.251 e. The Bertz CT molecular complexity index is 624. The highest BCUT2D eigenvalue weighted by atomic mass is 32.2. The SMILES string of the molecule is CCCc1cc(=O)[nH]c(Sc2ncc(C=O)cn2)n1. The third kappa shape index (κ3) is 3.72. The molecule has 2 rings (SSSR count). The zero-order valence-corrected chi connectivity index (χ0v) is 11.1. The lowest BCUT2D eigenvalue weighted by atomic mass is 10.2. The Morgan fingerprint density at radius 2 is 2.11 bits per heavy atom. The summed E-state index contributed by atoms with van der Waals surface area (Å²) in [7, 11) is 0. The van der Waals surface area contributed by atoms with Gasteiger partial charge in [-0.3, -0.25) is 9.59 Å². The fraction of sp³-hybridized carbons (Fsp3) is 0.250. The Hall–Kier alpha value is -2.02. The number of hydrogen-bond donors (Lipinski definition) is 1. The van der Waals surface area contributed by atoms with Gasteiger partial charge in [0, 0.05) is 24.2 Å². The molecule has 0 aliphatic rings. The highest BCUT2D eigenvalue weighted by Gasteiger charge is 2.05. The largest absolute Gasteiger partial charge is 0.301 e. The molecule has 2 heterocycles. The van der Waals surface area contributed by atoms with Gasteiger partial charge >= 0.3 is 0 Å². The molecule has 0 bridgehead atoms. The van der Waals surface area contributed by atoms with Crippen LogP contribution in [0.3, 0.4) is 0 Å². The quantitative estimate of drug-likeness (QED) is 0.657. The van der Waals surface area contributed by atoms with Crippen molar-refractivity contribution in [2.24, 2.45) is 0 Å². The van der Waals surface area contributed by atoms with E-state index in [1.165, 1.54) is 18.5 Å². The third-order valence-electron chi connectivity index (χ3n) is 2.25. The summed E-state index contributed by atoms with van der Waals surface area (Å²) >= 11 is 1.16. The van der Waals surface area contributed by atoms with Crippen LogP contribution < -0.4 is 5.56 Å². The van der Waals surface area contributed by atoms with Crippen LogP contribution >= 0.6 is 11.8 Å². The van der Waals surface area contributed by atoms with Crippen LogP contribution in [0.2, 0.25) is 0 Å². The number of nitrogens with one attached hydrogen (secondary N) is 1. The van der Waals surface area contributed by atoms with Crippen molar-refractivity contribution in [3.8, 4) is 0 Å². The lowest BCUT2D eigenvalue weighted by Crippen LogP contribution is -2.10. The molecule has 19 heavy (non-hydrogen) atoms. The normalized spacial score (nSPS) is 10.4. The molecule has 0 aromatic carbocycles. The van der Waals surface area contributed by atoms with E-state index in [9.17, 15) is 9.59 Å². The van der Waals surface area contributed by atoms with Crippen LogP contribution in [0.5, 0.6) is 0 Å². The summed E-state index contributed by atoms with van der Waals surface area (Å²) in [6.45, 7) is 2.02. The van der Waals surface area contributed by atoms with Crippen LogP contribution in [0.15, 0.2) is 33.6 Å². The van der Waals surface area contributed by atoms with Crippen molar-refractivity contribution >= 4 is 18.0 Å². The highest BCUT2D eigenvalue weighted by molar-refractivity contribution is 7.99. The van der Waals surface area contributed by atoms with Crippen molar-refractivity contribution < 1.29 is 4.79 Å². The molecular weight excluding hydrogens is 264 g/mol. The Labute approximate surface area is 113 Å². The van der Waals surface area contributed by atoms with E-state index >= 15 is 0 Å². The van der Waals surface area contributed by atoms with Gasteiger partial charge in [-0.2, -0.15) is 0 Å². The van der Waals surface area contributed by atoms with E-state index in [-0.39, 0.29) is 5.56 Å². The highest BCUT2D eigenvalue weighted by Crippen LogP contribution is 2.19. The van der Waals surface area contributed by atoms with Gasteiger partial charge in [0.05, 0.1) is 5.56 Å². The van der Waals surface area contributed by atoms with E-state index in [1.54, 1.807) is 0 Å². The molecule has 2 aromatic rings. The molecule has 2 aromatic heterocycles. The van der Waals surface area contributed by atoms with Crippen molar-refractivity contribution in [2.75, 3.05) is 0 Å². The second-order valence-corrected chi connectivity index (χ2v) is 4.77. The second-order valence-electron chi connectivity index (χ2n) is 3.81. The fourth-order valence-corrected chi connectivity index (χ4v) is 2.14. The number of aromatic amines is 1. The number of aldehydes is 1. The summed E-state index contributed by atoms with van der Waals surface area (Å²) in [5.41, 5.74) is 0.967. The van der Waals surface area contributed by atoms with E-state index in [2.05, 4.69) is 19.9 Å². The Morgan fingerprint density at radius 3 is 2.74 bits per heavy atom. The molecule has 7 heteroatoms. The number of hydrogen-bond acceptors (Lipinski definition) is 6. The minimum atomic E-state index is -0.189. The second kappa shape index (κ2) is 6.24.